The third-order valence-corrected chi connectivity index (χ3v) is 5.91. The first kappa shape index (κ1) is 16.2. The monoisotopic (exact) mass is 378 g/mol. The number of nitrogens with zero attached hydrogens (tertiary/aromatic N) is 3. The molecule has 3 aromatic rings. The fraction of sp³-hybridized carbons (Fsp3) is 0.312. The molecule has 2 aromatic heterocycles. The number of para-hydroxylation sites is 1. The van der Waals surface area contributed by atoms with E-state index in [-0.39, 0.29) is 13.0 Å². The van der Waals surface area contributed by atoms with Gasteiger partial charge in [-0.25, -0.2) is 14.4 Å². The van der Waals surface area contributed by atoms with Crippen LogP contribution < -0.4 is 15.0 Å². The van der Waals surface area contributed by atoms with Crippen LogP contribution in [-0.2, 0) is 4.79 Å². The SMILES string of the molecule is COc1cccc2sc(N3CCC(F)(C(=O)Nc4nccs4)C3)nc12. The number of alkyl halides is 1. The van der Waals surface area contributed by atoms with Crippen LogP contribution in [0.1, 0.15) is 6.42 Å². The molecule has 1 amide bonds. The van der Waals surface area contributed by atoms with Crippen LogP contribution in [0.5, 0.6) is 5.75 Å². The smallest absolute Gasteiger partial charge is 0.265 e. The zero-order valence-corrected chi connectivity index (χ0v) is 15.0. The second-order valence-electron chi connectivity index (χ2n) is 5.73. The lowest BCUT2D eigenvalue weighted by Gasteiger charge is -2.19. The Balaban J connectivity index is 1.54. The Morgan fingerprint density at radius 3 is 3.12 bits per heavy atom. The topological polar surface area (TPSA) is 67.3 Å². The summed E-state index contributed by atoms with van der Waals surface area (Å²) in [6.45, 7) is 0.413. The summed E-state index contributed by atoms with van der Waals surface area (Å²) in [4.78, 5) is 22.7. The minimum Gasteiger partial charge on any atom is -0.494 e. The van der Waals surface area contributed by atoms with Crippen LogP contribution in [0.25, 0.3) is 10.2 Å². The lowest BCUT2D eigenvalue weighted by Crippen LogP contribution is -2.41. The van der Waals surface area contributed by atoms with Crippen molar-refractivity contribution in [2.45, 2.75) is 12.1 Å². The second kappa shape index (κ2) is 6.23. The number of benzene rings is 1. The van der Waals surface area contributed by atoms with Crippen LogP contribution in [0.2, 0.25) is 0 Å². The van der Waals surface area contributed by atoms with Gasteiger partial charge in [-0.05, 0) is 12.1 Å². The number of halogens is 1. The molecule has 1 saturated heterocycles. The summed E-state index contributed by atoms with van der Waals surface area (Å²) in [6, 6.07) is 5.69. The lowest BCUT2D eigenvalue weighted by molar-refractivity contribution is -0.126. The van der Waals surface area contributed by atoms with Gasteiger partial charge in [-0.2, -0.15) is 0 Å². The van der Waals surface area contributed by atoms with E-state index in [1.54, 1.807) is 18.7 Å². The normalized spacial score (nSPS) is 20.2. The summed E-state index contributed by atoms with van der Waals surface area (Å²) in [5.74, 6) is 0.0378. The highest BCUT2D eigenvalue weighted by Gasteiger charge is 2.46. The maximum atomic E-state index is 15.1. The summed E-state index contributed by atoms with van der Waals surface area (Å²) in [5, 5.41) is 5.39. The van der Waals surface area contributed by atoms with E-state index < -0.39 is 11.6 Å². The summed E-state index contributed by atoms with van der Waals surface area (Å²) in [5.41, 5.74) is -1.19. The van der Waals surface area contributed by atoms with E-state index >= 15 is 4.39 Å². The quantitative estimate of drug-likeness (QED) is 0.754. The first-order valence-corrected chi connectivity index (χ1v) is 9.37. The van der Waals surface area contributed by atoms with Crippen molar-refractivity contribution in [3.8, 4) is 5.75 Å². The van der Waals surface area contributed by atoms with Crippen molar-refractivity contribution in [3.05, 3.63) is 29.8 Å². The van der Waals surface area contributed by atoms with Crippen molar-refractivity contribution in [3.63, 3.8) is 0 Å². The first-order chi connectivity index (χ1) is 12.1. The Hall–Kier alpha value is -2.26. The van der Waals surface area contributed by atoms with E-state index in [0.717, 1.165) is 10.2 Å². The van der Waals surface area contributed by atoms with Crippen LogP contribution >= 0.6 is 22.7 Å². The van der Waals surface area contributed by atoms with Crippen molar-refractivity contribution in [2.75, 3.05) is 30.4 Å². The van der Waals surface area contributed by atoms with Crippen molar-refractivity contribution in [1.82, 2.24) is 9.97 Å². The maximum absolute atomic E-state index is 15.1. The molecule has 0 spiro atoms. The molecule has 1 aliphatic heterocycles. The number of ether oxygens (including phenoxy) is 1. The van der Waals surface area contributed by atoms with Crippen LogP contribution in [0.3, 0.4) is 0 Å². The second-order valence-corrected chi connectivity index (χ2v) is 7.64. The number of hydrogen-bond acceptors (Lipinski definition) is 7. The minimum atomic E-state index is -1.95. The molecule has 3 heterocycles. The lowest BCUT2D eigenvalue weighted by atomic mass is 10.1. The number of methoxy groups -OCH3 is 1. The molecule has 1 unspecified atom stereocenters. The number of carbonyl (C=O) groups is 1. The van der Waals surface area contributed by atoms with E-state index in [2.05, 4.69) is 15.3 Å². The van der Waals surface area contributed by atoms with Crippen LogP contribution in [0, 0.1) is 0 Å². The van der Waals surface area contributed by atoms with Gasteiger partial charge in [-0.1, -0.05) is 17.4 Å². The van der Waals surface area contributed by atoms with Gasteiger partial charge in [0.05, 0.1) is 18.4 Å². The van der Waals surface area contributed by atoms with Gasteiger partial charge in [-0.15, -0.1) is 11.3 Å². The van der Waals surface area contributed by atoms with E-state index in [1.165, 1.54) is 22.7 Å². The molecule has 6 nitrogen and oxygen atoms in total. The number of hydrogen-bond donors (Lipinski definition) is 1. The molecule has 4 rings (SSSR count). The van der Waals surface area contributed by atoms with Gasteiger partial charge < -0.3 is 9.64 Å². The minimum absolute atomic E-state index is 0.0215. The Morgan fingerprint density at radius 1 is 1.48 bits per heavy atom. The summed E-state index contributed by atoms with van der Waals surface area (Å²) < 4.78 is 21.4. The van der Waals surface area contributed by atoms with Gasteiger partial charge in [0.25, 0.3) is 5.91 Å². The molecule has 1 fully saturated rings. The van der Waals surface area contributed by atoms with Crippen molar-refractivity contribution in [1.29, 1.82) is 0 Å². The van der Waals surface area contributed by atoms with E-state index in [1.807, 2.05) is 23.1 Å². The van der Waals surface area contributed by atoms with Crippen molar-refractivity contribution < 1.29 is 13.9 Å². The van der Waals surface area contributed by atoms with Crippen molar-refractivity contribution in [2.24, 2.45) is 0 Å². The molecule has 0 radical (unpaired) electrons. The van der Waals surface area contributed by atoms with Gasteiger partial charge in [0.2, 0.25) is 5.67 Å². The summed E-state index contributed by atoms with van der Waals surface area (Å²) in [6.07, 6.45) is 1.69. The standard InChI is InChI=1S/C16H15FN4O2S2/c1-23-10-3-2-4-11-12(10)19-15(25-11)21-7-5-16(17,9-21)13(22)20-14-18-6-8-24-14/h2-4,6,8H,5,7,9H2,1H3,(H,18,20,22). The van der Waals surface area contributed by atoms with Gasteiger partial charge in [0.1, 0.15) is 11.3 Å². The van der Waals surface area contributed by atoms with Crippen LogP contribution in [-0.4, -0.2) is 41.7 Å². The number of nitrogens with one attached hydrogen (secondary N) is 1. The maximum Gasteiger partial charge on any atom is 0.265 e. The third-order valence-electron chi connectivity index (χ3n) is 4.14. The predicted octanol–water partition coefficient (Wildman–Crippen LogP) is 3.32. The average Bonchev–Trinajstić information content (AvgIpc) is 3.33. The number of thiazole rings is 2. The highest BCUT2D eigenvalue weighted by molar-refractivity contribution is 7.22. The molecular weight excluding hydrogens is 363 g/mol. The number of amides is 1. The van der Waals surface area contributed by atoms with Crippen molar-refractivity contribution >= 4 is 49.1 Å². The first-order valence-electron chi connectivity index (χ1n) is 7.67. The molecule has 0 bridgehead atoms. The molecule has 1 N–H and O–H groups in total. The average molecular weight is 378 g/mol. The van der Waals surface area contributed by atoms with E-state index in [0.29, 0.717) is 22.6 Å². The Labute approximate surface area is 151 Å². The molecule has 0 saturated carbocycles. The molecular formula is C16H15FN4O2S2. The van der Waals surface area contributed by atoms with E-state index in [4.69, 9.17) is 4.74 Å². The molecule has 1 atom stereocenters. The van der Waals surface area contributed by atoms with Gasteiger partial charge in [-0.3, -0.25) is 10.1 Å². The van der Waals surface area contributed by atoms with E-state index in [9.17, 15) is 4.79 Å². The molecule has 25 heavy (non-hydrogen) atoms. The summed E-state index contributed by atoms with van der Waals surface area (Å²) >= 11 is 2.73. The molecule has 130 valence electrons. The zero-order chi connectivity index (χ0) is 17.4. The molecule has 1 aromatic carbocycles. The number of aromatic nitrogens is 2. The zero-order valence-electron chi connectivity index (χ0n) is 13.4. The number of rotatable bonds is 4. The number of carbonyl (C=O) groups excluding carboxylic acids is 1. The highest BCUT2D eigenvalue weighted by Crippen LogP contribution is 2.38. The summed E-state index contributed by atoms with van der Waals surface area (Å²) in [7, 11) is 1.60. The fourth-order valence-electron chi connectivity index (χ4n) is 2.83. The van der Waals surface area contributed by atoms with Crippen LogP contribution in [0.15, 0.2) is 29.8 Å². The van der Waals surface area contributed by atoms with Gasteiger partial charge in [0.15, 0.2) is 10.3 Å². The molecule has 9 heteroatoms. The van der Waals surface area contributed by atoms with Gasteiger partial charge >= 0.3 is 0 Å². The predicted molar refractivity (Wildman–Crippen MR) is 97.6 cm³/mol. The largest absolute Gasteiger partial charge is 0.494 e. The third kappa shape index (κ3) is 2.93. The molecule has 1 aliphatic rings. The van der Waals surface area contributed by atoms with Gasteiger partial charge in [0, 0.05) is 24.5 Å². The molecule has 0 aliphatic carbocycles. The Morgan fingerprint density at radius 2 is 2.36 bits per heavy atom. The fourth-order valence-corrected chi connectivity index (χ4v) is 4.36. The number of fused-ring (bicyclic) bond motifs is 1. The Kier molecular flexibility index (Phi) is 4.04. The highest BCUT2D eigenvalue weighted by atomic mass is 32.1. The Bertz CT molecular complexity index is 914. The van der Waals surface area contributed by atoms with Crippen LogP contribution in [0.4, 0.5) is 14.7 Å². The number of anilines is 2.